The van der Waals surface area contributed by atoms with Crippen LogP contribution in [0.3, 0.4) is 0 Å². The third-order valence-electron chi connectivity index (χ3n) is 7.80. The van der Waals surface area contributed by atoms with E-state index in [1.54, 1.807) is 12.4 Å². The Balaban J connectivity index is 1.40. The average molecular weight is 573 g/mol. The zero-order chi connectivity index (χ0) is 33.0. The van der Waals surface area contributed by atoms with Gasteiger partial charge in [0.15, 0.2) is 25.5 Å². The van der Waals surface area contributed by atoms with E-state index in [4.69, 9.17) is 26.8 Å². The van der Waals surface area contributed by atoms with Gasteiger partial charge in [-0.1, -0.05) is 127 Å². The molecule has 0 amide bonds. The monoisotopic (exact) mass is 572 g/mol. The summed E-state index contributed by atoms with van der Waals surface area (Å²) in [6, 6.07) is 34.1. The number of fused-ring (bicyclic) bond motifs is 3. The summed E-state index contributed by atoms with van der Waals surface area (Å²) in [6.07, 6.45) is 3.61. The van der Waals surface area contributed by atoms with Gasteiger partial charge in [0.2, 0.25) is 0 Å². The van der Waals surface area contributed by atoms with E-state index in [0.717, 1.165) is 26.9 Å². The summed E-state index contributed by atoms with van der Waals surface area (Å²) in [4.78, 5) is 24.0. The third kappa shape index (κ3) is 4.11. The molecule has 4 aromatic carbocycles. The number of aromatic nitrogens is 5. The number of pyridine rings is 2. The standard InChI is InChI=1S/C37H25N5Si/c1-4-13-26(14-5-1)35-40-36(27-15-6-2-7-16-27)42-37(41-35)28-17-10-20-30(25-28)43(29-18-8-3-9-19-29)31-21-11-23-38-33(31)34-32(43)22-12-24-39-34/h1-25H/i1D,4D,5D,13D,14D. The maximum Gasteiger partial charge on any atom is 0.184 e. The molecule has 4 heterocycles. The molecular weight excluding hydrogens is 543 g/mol. The molecular formula is C37H25N5Si. The van der Waals surface area contributed by atoms with Gasteiger partial charge in [-0.15, -0.1) is 0 Å². The van der Waals surface area contributed by atoms with Crippen molar-refractivity contribution in [1.29, 1.82) is 0 Å². The van der Waals surface area contributed by atoms with E-state index in [0.29, 0.717) is 22.8 Å². The first-order valence-corrected chi connectivity index (χ1v) is 15.9. The van der Waals surface area contributed by atoms with Crippen molar-refractivity contribution in [2.75, 3.05) is 0 Å². The Labute approximate surface area is 257 Å². The van der Waals surface area contributed by atoms with Crippen molar-refractivity contribution in [3.05, 3.63) is 152 Å². The van der Waals surface area contributed by atoms with Gasteiger partial charge in [0.25, 0.3) is 0 Å². The van der Waals surface area contributed by atoms with Crippen molar-refractivity contribution in [2.45, 2.75) is 0 Å². The molecule has 0 fully saturated rings. The molecule has 0 aliphatic carbocycles. The average Bonchev–Trinajstić information content (AvgIpc) is 3.45. The van der Waals surface area contributed by atoms with Crippen LogP contribution in [0.4, 0.5) is 0 Å². The molecule has 6 heteroatoms. The second-order valence-electron chi connectivity index (χ2n) is 10.2. The second-order valence-corrected chi connectivity index (χ2v) is 13.9. The number of benzene rings is 4. The summed E-state index contributed by atoms with van der Waals surface area (Å²) in [6.45, 7) is 0. The van der Waals surface area contributed by atoms with Crippen LogP contribution in [-0.4, -0.2) is 33.0 Å². The molecule has 0 unspecified atom stereocenters. The van der Waals surface area contributed by atoms with Gasteiger partial charge in [-0.3, -0.25) is 9.97 Å². The molecule has 1 aliphatic heterocycles. The Bertz CT molecular complexity index is 2300. The van der Waals surface area contributed by atoms with Crippen molar-refractivity contribution in [1.82, 2.24) is 24.9 Å². The van der Waals surface area contributed by atoms with Gasteiger partial charge < -0.3 is 0 Å². The van der Waals surface area contributed by atoms with Gasteiger partial charge in [-0.05, 0) is 32.9 Å². The smallest absolute Gasteiger partial charge is 0.184 e. The number of nitrogens with zero attached hydrogens (tertiary/aromatic N) is 5. The highest BCUT2D eigenvalue weighted by atomic mass is 28.3. The fourth-order valence-electron chi connectivity index (χ4n) is 6.00. The Kier molecular flexibility index (Phi) is 4.89. The third-order valence-corrected chi connectivity index (χ3v) is 12.6. The highest BCUT2D eigenvalue weighted by Gasteiger charge is 2.50. The topological polar surface area (TPSA) is 64.5 Å². The highest BCUT2D eigenvalue weighted by Crippen LogP contribution is 2.28. The second kappa shape index (κ2) is 10.3. The van der Waals surface area contributed by atoms with Crippen LogP contribution in [0.5, 0.6) is 0 Å². The normalized spacial score (nSPS) is 14.5. The van der Waals surface area contributed by atoms with Crippen molar-refractivity contribution < 1.29 is 6.85 Å². The zero-order valence-electron chi connectivity index (χ0n) is 27.8. The molecule has 0 saturated heterocycles. The van der Waals surface area contributed by atoms with Crippen LogP contribution >= 0.6 is 0 Å². The summed E-state index contributed by atoms with van der Waals surface area (Å²) in [5.74, 6) is 0.648. The number of hydrogen-bond donors (Lipinski definition) is 0. The summed E-state index contributed by atoms with van der Waals surface area (Å²) in [7, 11) is -2.91. The molecule has 7 aromatic rings. The van der Waals surface area contributed by atoms with Crippen LogP contribution in [0.2, 0.25) is 0 Å². The lowest BCUT2D eigenvalue weighted by Gasteiger charge is -2.30. The van der Waals surface area contributed by atoms with Crippen LogP contribution in [0.15, 0.2) is 152 Å². The van der Waals surface area contributed by atoms with Crippen LogP contribution in [-0.2, 0) is 0 Å². The van der Waals surface area contributed by atoms with E-state index in [9.17, 15) is 0 Å². The van der Waals surface area contributed by atoms with Crippen LogP contribution in [0, 0.1) is 0 Å². The number of rotatable bonds is 5. The van der Waals surface area contributed by atoms with Crippen molar-refractivity contribution >= 4 is 28.8 Å². The lowest BCUT2D eigenvalue weighted by Crippen LogP contribution is -2.72. The van der Waals surface area contributed by atoms with E-state index >= 15 is 0 Å². The first-order valence-electron chi connectivity index (χ1n) is 16.4. The minimum atomic E-state index is -2.91. The maximum absolute atomic E-state index is 8.65. The van der Waals surface area contributed by atoms with Crippen LogP contribution < -0.4 is 20.7 Å². The molecule has 0 atom stereocenters. The summed E-state index contributed by atoms with van der Waals surface area (Å²) >= 11 is 0. The van der Waals surface area contributed by atoms with Crippen molar-refractivity contribution in [3.63, 3.8) is 0 Å². The predicted octanol–water partition coefficient (Wildman–Crippen LogP) is 5.02. The summed E-state index contributed by atoms with van der Waals surface area (Å²) < 4.78 is 42.0. The minimum Gasteiger partial charge on any atom is -0.255 e. The maximum atomic E-state index is 8.65. The highest BCUT2D eigenvalue weighted by molar-refractivity contribution is 7.22. The molecule has 0 N–H and O–H groups in total. The van der Waals surface area contributed by atoms with E-state index in [1.807, 2.05) is 60.7 Å². The molecule has 0 spiro atoms. The molecule has 1 aliphatic rings. The van der Waals surface area contributed by atoms with Gasteiger partial charge in [-0.2, -0.15) is 0 Å². The van der Waals surface area contributed by atoms with Crippen LogP contribution in [0.25, 0.3) is 45.6 Å². The summed E-state index contributed by atoms with van der Waals surface area (Å²) in [5, 5.41) is 4.55. The van der Waals surface area contributed by atoms with E-state index < -0.39 is 26.2 Å². The van der Waals surface area contributed by atoms with Gasteiger partial charge >= 0.3 is 0 Å². The number of hydrogen-bond acceptors (Lipinski definition) is 5. The van der Waals surface area contributed by atoms with Crippen molar-refractivity contribution in [2.24, 2.45) is 0 Å². The van der Waals surface area contributed by atoms with Gasteiger partial charge in [0.1, 0.15) is 0 Å². The molecule has 8 rings (SSSR count). The van der Waals surface area contributed by atoms with E-state index in [1.165, 1.54) is 5.19 Å². The predicted molar refractivity (Wildman–Crippen MR) is 174 cm³/mol. The van der Waals surface area contributed by atoms with Crippen LogP contribution in [0.1, 0.15) is 6.85 Å². The molecule has 0 bridgehead atoms. The molecule has 0 radical (unpaired) electrons. The zero-order valence-corrected chi connectivity index (χ0v) is 23.8. The summed E-state index contributed by atoms with van der Waals surface area (Å²) in [5.41, 5.74) is 3.08. The quantitative estimate of drug-likeness (QED) is 0.271. The fraction of sp³-hybridized carbons (Fsp3) is 0. The SMILES string of the molecule is [2H]c1c([2H])c([2H])c(-c2nc(-c3ccccc3)nc(-c3cccc([Si]4(c5ccccc5)c5cccnc5-c5ncccc54)c3)n2)c([2H])c1[2H]. The minimum absolute atomic E-state index is 0.00114. The molecule has 3 aromatic heterocycles. The van der Waals surface area contributed by atoms with E-state index in [2.05, 4.69) is 53.5 Å². The van der Waals surface area contributed by atoms with Gasteiger partial charge in [-0.25, -0.2) is 15.0 Å². The largest absolute Gasteiger partial charge is 0.255 e. The molecule has 43 heavy (non-hydrogen) atoms. The van der Waals surface area contributed by atoms with Gasteiger partial charge in [0.05, 0.1) is 18.2 Å². The first-order chi connectivity index (χ1) is 23.4. The lowest BCUT2D eigenvalue weighted by molar-refractivity contribution is 1.07. The Hall–Kier alpha value is -5.59. The van der Waals surface area contributed by atoms with Crippen molar-refractivity contribution in [3.8, 4) is 45.6 Å². The fourth-order valence-corrected chi connectivity index (χ4v) is 11.0. The lowest BCUT2D eigenvalue weighted by atomic mass is 10.1. The molecule has 202 valence electrons. The Morgan fingerprint density at radius 1 is 0.465 bits per heavy atom. The molecule has 5 nitrogen and oxygen atoms in total. The Morgan fingerprint density at radius 2 is 1.00 bits per heavy atom. The van der Waals surface area contributed by atoms with E-state index in [-0.39, 0.29) is 23.5 Å². The molecule has 0 saturated carbocycles. The Morgan fingerprint density at radius 3 is 1.65 bits per heavy atom. The van der Waals surface area contributed by atoms with Gasteiger partial charge in [0, 0.05) is 29.1 Å². The first kappa shape index (κ1) is 20.3.